The van der Waals surface area contributed by atoms with Gasteiger partial charge in [0.2, 0.25) is 0 Å². The molecule has 0 atom stereocenters. The summed E-state index contributed by atoms with van der Waals surface area (Å²) in [6.07, 6.45) is 1.17. The van der Waals surface area contributed by atoms with Crippen LogP contribution in [0.5, 0.6) is 11.5 Å². The van der Waals surface area contributed by atoms with E-state index in [1.54, 1.807) is 12.1 Å². The highest BCUT2D eigenvalue weighted by molar-refractivity contribution is 5.90. The highest BCUT2D eigenvalue weighted by Crippen LogP contribution is 2.15. The smallest absolute Gasteiger partial charge is 0.365 e. The number of carbonyl (C=O) groups excluding carboxylic acids is 1. The van der Waals surface area contributed by atoms with Crippen LogP contribution in [0, 0.1) is 5.82 Å². The summed E-state index contributed by atoms with van der Waals surface area (Å²) in [6, 6.07) is 10.0. The van der Waals surface area contributed by atoms with Crippen LogP contribution in [0.25, 0.3) is 0 Å². The van der Waals surface area contributed by atoms with Crippen LogP contribution in [0.2, 0.25) is 0 Å². The molecule has 0 saturated carbocycles. The van der Waals surface area contributed by atoms with Crippen LogP contribution >= 0.6 is 0 Å². The molecular weight excluding hydrogens is 277 g/mol. The van der Waals surface area contributed by atoms with E-state index in [0.29, 0.717) is 16.9 Å². The SMILES string of the molecule is COc1ccc(C(=O)O/N=C/c2ccc(O)c(F)c2)cc1. The Balaban J connectivity index is 1.99. The molecule has 0 aromatic heterocycles. The lowest BCUT2D eigenvalue weighted by atomic mass is 10.2. The van der Waals surface area contributed by atoms with Crippen LogP contribution in [-0.4, -0.2) is 24.4 Å². The summed E-state index contributed by atoms with van der Waals surface area (Å²) in [4.78, 5) is 16.3. The monoisotopic (exact) mass is 289 g/mol. The summed E-state index contributed by atoms with van der Waals surface area (Å²) >= 11 is 0. The van der Waals surface area contributed by atoms with Crippen molar-refractivity contribution >= 4 is 12.2 Å². The molecule has 108 valence electrons. The fourth-order valence-corrected chi connectivity index (χ4v) is 1.52. The van der Waals surface area contributed by atoms with E-state index in [1.807, 2.05) is 0 Å². The van der Waals surface area contributed by atoms with E-state index in [9.17, 15) is 9.18 Å². The van der Waals surface area contributed by atoms with Gasteiger partial charge in [0.15, 0.2) is 11.6 Å². The second kappa shape index (κ2) is 6.51. The molecule has 0 spiro atoms. The molecule has 0 fully saturated rings. The van der Waals surface area contributed by atoms with Gasteiger partial charge in [-0.1, -0.05) is 5.16 Å². The summed E-state index contributed by atoms with van der Waals surface area (Å²) in [7, 11) is 1.52. The second-order valence-electron chi connectivity index (χ2n) is 4.05. The molecule has 0 heterocycles. The molecule has 1 N–H and O–H groups in total. The molecule has 2 aromatic rings. The third-order valence-corrected chi connectivity index (χ3v) is 2.63. The summed E-state index contributed by atoms with van der Waals surface area (Å²) in [5.74, 6) is -1.26. The average molecular weight is 289 g/mol. The largest absolute Gasteiger partial charge is 0.505 e. The fraction of sp³-hybridized carbons (Fsp3) is 0.0667. The molecule has 0 aliphatic heterocycles. The zero-order valence-electron chi connectivity index (χ0n) is 11.1. The number of hydrogen-bond acceptors (Lipinski definition) is 5. The number of phenols is 1. The molecule has 0 amide bonds. The highest BCUT2D eigenvalue weighted by Gasteiger charge is 2.06. The van der Waals surface area contributed by atoms with Gasteiger partial charge < -0.3 is 14.7 Å². The normalized spacial score (nSPS) is 10.6. The number of rotatable bonds is 4. The number of nitrogens with zero attached hydrogens (tertiary/aromatic N) is 1. The number of halogens is 1. The van der Waals surface area contributed by atoms with Crippen molar-refractivity contribution in [1.29, 1.82) is 0 Å². The number of oxime groups is 1. The van der Waals surface area contributed by atoms with Gasteiger partial charge in [0.1, 0.15) is 5.75 Å². The third-order valence-electron chi connectivity index (χ3n) is 2.63. The third kappa shape index (κ3) is 3.79. The first-order valence-electron chi connectivity index (χ1n) is 5.97. The van der Waals surface area contributed by atoms with Gasteiger partial charge in [-0.2, -0.15) is 0 Å². The Morgan fingerprint density at radius 3 is 2.57 bits per heavy atom. The van der Waals surface area contributed by atoms with Crippen molar-refractivity contribution < 1.29 is 23.9 Å². The van der Waals surface area contributed by atoms with Crippen molar-refractivity contribution in [3.63, 3.8) is 0 Å². The van der Waals surface area contributed by atoms with Gasteiger partial charge in [0.05, 0.1) is 18.9 Å². The van der Waals surface area contributed by atoms with Crippen molar-refractivity contribution in [2.75, 3.05) is 7.11 Å². The Labute approximate surface area is 120 Å². The number of benzene rings is 2. The van der Waals surface area contributed by atoms with E-state index in [2.05, 4.69) is 9.99 Å². The summed E-state index contributed by atoms with van der Waals surface area (Å²) in [6.45, 7) is 0. The van der Waals surface area contributed by atoms with Gasteiger partial charge in [-0.3, -0.25) is 0 Å². The van der Waals surface area contributed by atoms with E-state index in [0.717, 1.165) is 6.07 Å². The van der Waals surface area contributed by atoms with E-state index in [4.69, 9.17) is 9.84 Å². The average Bonchev–Trinajstić information content (AvgIpc) is 2.51. The zero-order chi connectivity index (χ0) is 15.2. The van der Waals surface area contributed by atoms with Crippen LogP contribution in [0.4, 0.5) is 4.39 Å². The molecule has 2 rings (SSSR count). The molecule has 0 unspecified atom stereocenters. The Hall–Kier alpha value is -2.89. The molecule has 6 heteroatoms. The maximum atomic E-state index is 13.1. The lowest BCUT2D eigenvalue weighted by Crippen LogP contribution is -2.01. The van der Waals surface area contributed by atoms with Gasteiger partial charge in [0, 0.05) is 0 Å². The Kier molecular flexibility index (Phi) is 4.50. The fourth-order valence-electron chi connectivity index (χ4n) is 1.52. The number of hydrogen-bond donors (Lipinski definition) is 1. The predicted octanol–water partition coefficient (Wildman–Crippen LogP) is 2.73. The minimum absolute atomic E-state index is 0.310. The van der Waals surface area contributed by atoms with Crippen molar-refractivity contribution in [1.82, 2.24) is 0 Å². The first-order valence-corrected chi connectivity index (χ1v) is 5.97. The number of ether oxygens (including phenoxy) is 1. The molecular formula is C15H12FNO4. The maximum Gasteiger partial charge on any atom is 0.365 e. The topological polar surface area (TPSA) is 68.1 Å². The number of aromatic hydroxyl groups is 1. The Morgan fingerprint density at radius 2 is 1.95 bits per heavy atom. The minimum Gasteiger partial charge on any atom is -0.505 e. The quantitative estimate of drug-likeness (QED) is 0.534. The highest BCUT2D eigenvalue weighted by atomic mass is 19.1. The van der Waals surface area contributed by atoms with E-state index < -0.39 is 17.5 Å². The van der Waals surface area contributed by atoms with Gasteiger partial charge in [-0.05, 0) is 48.0 Å². The molecule has 0 aliphatic rings. The van der Waals surface area contributed by atoms with Gasteiger partial charge in [-0.15, -0.1) is 0 Å². The van der Waals surface area contributed by atoms with Crippen LogP contribution in [0.3, 0.4) is 0 Å². The van der Waals surface area contributed by atoms with Crippen LogP contribution in [0.1, 0.15) is 15.9 Å². The number of carbonyl (C=O) groups is 1. The molecule has 0 aliphatic carbocycles. The zero-order valence-corrected chi connectivity index (χ0v) is 11.1. The predicted molar refractivity (Wildman–Crippen MR) is 74.1 cm³/mol. The summed E-state index contributed by atoms with van der Waals surface area (Å²) in [5, 5.41) is 12.5. The van der Waals surface area contributed by atoms with Crippen LogP contribution < -0.4 is 4.74 Å². The second-order valence-corrected chi connectivity index (χ2v) is 4.05. The first kappa shape index (κ1) is 14.5. The van der Waals surface area contributed by atoms with Crippen molar-refractivity contribution in [2.24, 2.45) is 5.16 Å². The number of methoxy groups -OCH3 is 1. The first-order chi connectivity index (χ1) is 10.1. The summed E-state index contributed by atoms with van der Waals surface area (Å²) in [5.41, 5.74) is 0.665. The molecule has 5 nitrogen and oxygen atoms in total. The van der Waals surface area contributed by atoms with Crippen LogP contribution in [0.15, 0.2) is 47.6 Å². The van der Waals surface area contributed by atoms with Gasteiger partial charge in [0.25, 0.3) is 0 Å². The lowest BCUT2D eigenvalue weighted by molar-refractivity contribution is 0.0519. The van der Waals surface area contributed by atoms with E-state index in [-0.39, 0.29) is 0 Å². The van der Waals surface area contributed by atoms with Gasteiger partial charge in [-0.25, -0.2) is 9.18 Å². The van der Waals surface area contributed by atoms with E-state index >= 15 is 0 Å². The molecule has 0 bridgehead atoms. The molecule has 21 heavy (non-hydrogen) atoms. The number of phenolic OH excluding ortho intramolecular Hbond substituents is 1. The van der Waals surface area contributed by atoms with Gasteiger partial charge >= 0.3 is 5.97 Å². The standard InChI is InChI=1S/C15H12FNO4/c1-20-12-5-3-11(4-6-12)15(19)21-17-9-10-2-7-14(18)13(16)8-10/h2-9,18H,1H3/b17-9+. The van der Waals surface area contributed by atoms with E-state index in [1.165, 1.54) is 37.6 Å². The maximum absolute atomic E-state index is 13.1. The van der Waals surface area contributed by atoms with Crippen molar-refractivity contribution in [3.8, 4) is 11.5 Å². The van der Waals surface area contributed by atoms with Crippen LogP contribution in [-0.2, 0) is 4.84 Å². The molecule has 0 saturated heterocycles. The molecule has 0 radical (unpaired) electrons. The van der Waals surface area contributed by atoms with Crippen molar-refractivity contribution in [3.05, 3.63) is 59.4 Å². The lowest BCUT2D eigenvalue weighted by Gasteiger charge is -2.01. The Bertz CT molecular complexity index is 668. The van der Waals surface area contributed by atoms with Crippen molar-refractivity contribution in [2.45, 2.75) is 0 Å². The Morgan fingerprint density at radius 1 is 1.24 bits per heavy atom. The summed E-state index contributed by atoms with van der Waals surface area (Å²) < 4.78 is 18.0. The minimum atomic E-state index is -0.777. The molecule has 2 aromatic carbocycles.